The minimum atomic E-state index is 0.436. The summed E-state index contributed by atoms with van der Waals surface area (Å²) in [6.45, 7) is 4.43. The first-order chi connectivity index (χ1) is 7.16. The highest BCUT2D eigenvalue weighted by Crippen LogP contribution is 2.25. The lowest BCUT2D eigenvalue weighted by Gasteiger charge is -2.38. The third-order valence-corrected chi connectivity index (χ3v) is 3.78. The standard InChI is InChI=1S/C13H25NO/c1-11(2)13(9-10-15)14(3)12-7-5-4-6-8-12/h10-13H,4-9H2,1-3H3. The van der Waals surface area contributed by atoms with E-state index in [-0.39, 0.29) is 0 Å². The first-order valence-electron chi connectivity index (χ1n) is 6.32. The van der Waals surface area contributed by atoms with E-state index in [1.54, 1.807) is 0 Å². The van der Waals surface area contributed by atoms with Gasteiger partial charge in [0.2, 0.25) is 0 Å². The fourth-order valence-electron chi connectivity index (χ4n) is 2.77. The van der Waals surface area contributed by atoms with Crippen LogP contribution in [0.25, 0.3) is 0 Å². The van der Waals surface area contributed by atoms with E-state index in [1.807, 2.05) is 0 Å². The van der Waals surface area contributed by atoms with Crippen LogP contribution in [0.4, 0.5) is 0 Å². The molecule has 1 aliphatic carbocycles. The summed E-state index contributed by atoms with van der Waals surface area (Å²) in [6, 6.07) is 1.15. The zero-order chi connectivity index (χ0) is 11.3. The van der Waals surface area contributed by atoms with E-state index in [2.05, 4.69) is 25.8 Å². The van der Waals surface area contributed by atoms with Crippen LogP contribution in [0.5, 0.6) is 0 Å². The van der Waals surface area contributed by atoms with Crippen LogP contribution in [0, 0.1) is 5.92 Å². The SMILES string of the molecule is CC(C)C(CC=O)N(C)C1CCCCC1. The van der Waals surface area contributed by atoms with E-state index < -0.39 is 0 Å². The molecule has 1 unspecified atom stereocenters. The summed E-state index contributed by atoms with van der Waals surface area (Å²) in [5.74, 6) is 0.571. The van der Waals surface area contributed by atoms with Gasteiger partial charge in [0.25, 0.3) is 0 Å². The van der Waals surface area contributed by atoms with E-state index in [0.717, 1.165) is 6.29 Å². The molecule has 2 nitrogen and oxygen atoms in total. The second-order valence-corrected chi connectivity index (χ2v) is 5.17. The van der Waals surface area contributed by atoms with Crippen molar-refractivity contribution in [2.24, 2.45) is 5.92 Å². The van der Waals surface area contributed by atoms with Gasteiger partial charge in [-0.15, -0.1) is 0 Å². The van der Waals surface area contributed by atoms with Crippen LogP contribution < -0.4 is 0 Å². The summed E-state index contributed by atoms with van der Waals surface area (Å²) in [6.07, 6.45) is 8.51. The molecular formula is C13H25NO. The van der Waals surface area contributed by atoms with Gasteiger partial charge in [-0.1, -0.05) is 33.1 Å². The Bertz CT molecular complexity index is 185. The number of aldehydes is 1. The van der Waals surface area contributed by atoms with Gasteiger partial charge < -0.3 is 4.79 Å². The largest absolute Gasteiger partial charge is 0.303 e. The average Bonchev–Trinajstić information content (AvgIpc) is 2.26. The fourth-order valence-corrected chi connectivity index (χ4v) is 2.77. The Kier molecular flexibility index (Phi) is 5.30. The number of hydrogen-bond acceptors (Lipinski definition) is 2. The molecule has 0 N–H and O–H groups in total. The first-order valence-corrected chi connectivity index (χ1v) is 6.32. The summed E-state index contributed by atoms with van der Waals surface area (Å²) < 4.78 is 0. The van der Waals surface area contributed by atoms with Crippen molar-refractivity contribution in [2.45, 2.75) is 64.5 Å². The zero-order valence-electron chi connectivity index (χ0n) is 10.4. The van der Waals surface area contributed by atoms with E-state index in [9.17, 15) is 4.79 Å². The number of nitrogens with zero attached hydrogens (tertiary/aromatic N) is 1. The Balaban J connectivity index is 2.52. The Morgan fingerprint density at radius 3 is 2.33 bits per heavy atom. The zero-order valence-corrected chi connectivity index (χ0v) is 10.4. The maximum Gasteiger partial charge on any atom is 0.121 e. The molecule has 1 rings (SSSR count). The van der Waals surface area contributed by atoms with Crippen LogP contribution >= 0.6 is 0 Å². The second-order valence-electron chi connectivity index (χ2n) is 5.17. The van der Waals surface area contributed by atoms with Crippen LogP contribution in [-0.2, 0) is 4.79 Å². The Labute approximate surface area is 94.0 Å². The van der Waals surface area contributed by atoms with E-state index >= 15 is 0 Å². The van der Waals surface area contributed by atoms with Crippen molar-refractivity contribution in [1.82, 2.24) is 4.90 Å². The molecule has 1 fully saturated rings. The molecule has 0 aromatic rings. The molecule has 0 bridgehead atoms. The molecule has 0 aromatic carbocycles. The second kappa shape index (κ2) is 6.26. The normalized spacial score (nSPS) is 20.9. The molecule has 1 aliphatic rings. The smallest absolute Gasteiger partial charge is 0.121 e. The van der Waals surface area contributed by atoms with Gasteiger partial charge in [-0.2, -0.15) is 0 Å². The lowest BCUT2D eigenvalue weighted by atomic mass is 9.91. The third kappa shape index (κ3) is 3.60. The van der Waals surface area contributed by atoms with Crippen LogP contribution in [0.15, 0.2) is 0 Å². The number of rotatable bonds is 5. The topological polar surface area (TPSA) is 20.3 Å². The molecule has 0 aliphatic heterocycles. The molecule has 88 valence electrons. The highest BCUT2D eigenvalue weighted by atomic mass is 16.1. The number of carbonyl (C=O) groups excluding carboxylic acids is 1. The first kappa shape index (κ1) is 12.7. The van der Waals surface area contributed by atoms with Crippen LogP contribution in [-0.4, -0.2) is 30.3 Å². The van der Waals surface area contributed by atoms with Crippen molar-refractivity contribution in [3.05, 3.63) is 0 Å². The molecule has 0 amide bonds. The van der Waals surface area contributed by atoms with Gasteiger partial charge in [-0.25, -0.2) is 0 Å². The minimum Gasteiger partial charge on any atom is -0.303 e. The summed E-state index contributed by atoms with van der Waals surface area (Å²) in [5, 5.41) is 0. The molecule has 15 heavy (non-hydrogen) atoms. The van der Waals surface area contributed by atoms with E-state index in [1.165, 1.54) is 32.1 Å². The van der Waals surface area contributed by atoms with Crippen molar-refractivity contribution in [2.75, 3.05) is 7.05 Å². The fraction of sp³-hybridized carbons (Fsp3) is 0.923. The van der Waals surface area contributed by atoms with Crippen molar-refractivity contribution >= 4 is 6.29 Å². The molecule has 0 heterocycles. The average molecular weight is 211 g/mol. The lowest BCUT2D eigenvalue weighted by molar-refractivity contribution is -0.109. The molecule has 2 heteroatoms. The quantitative estimate of drug-likeness (QED) is 0.652. The van der Waals surface area contributed by atoms with Crippen molar-refractivity contribution in [3.63, 3.8) is 0 Å². The number of hydrogen-bond donors (Lipinski definition) is 0. The maximum atomic E-state index is 10.7. The van der Waals surface area contributed by atoms with Gasteiger partial charge in [-0.05, 0) is 25.8 Å². The molecule has 0 saturated heterocycles. The summed E-state index contributed by atoms with van der Waals surface area (Å²) in [5.41, 5.74) is 0. The summed E-state index contributed by atoms with van der Waals surface area (Å²) in [4.78, 5) is 13.1. The van der Waals surface area contributed by atoms with Gasteiger partial charge in [0, 0.05) is 18.5 Å². The Morgan fingerprint density at radius 1 is 1.27 bits per heavy atom. The molecule has 0 aromatic heterocycles. The molecule has 0 radical (unpaired) electrons. The van der Waals surface area contributed by atoms with Crippen LogP contribution in [0.1, 0.15) is 52.4 Å². The predicted molar refractivity (Wildman–Crippen MR) is 63.9 cm³/mol. The van der Waals surface area contributed by atoms with E-state index in [4.69, 9.17) is 0 Å². The molecular weight excluding hydrogens is 186 g/mol. The predicted octanol–water partition coefficient (Wildman–Crippen LogP) is 2.86. The molecule has 0 spiro atoms. The molecule has 1 saturated carbocycles. The summed E-state index contributed by atoms with van der Waals surface area (Å²) in [7, 11) is 2.20. The lowest BCUT2D eigenvalue weighted by Crippen LogP contribution is -2.44. The highest BCUT2D eigenvalue weighted by molar-refractivity contribution is 5.50. The van der Waals surface area contributed by atoms with Gasteiger partial charge in [0.15, 0.2) is 0 Å². The highest BCUT2D eigenvalue weighted by Gasteiger charge is 2.25. The van der Waals surface area contributed by atoms with Gasteiger partial charge in [0.1, 0.15) is 6.29 Å². The van der Waals surface area contributed by atoms with Crippen LogP contribution in [0.3, 0.4) is 0 Å². The minimum absolute atomic E-state index is 0.436. The monoisotopic (exact) mass is 211 g/mol. The number of carbonyl (C=O) groups is 1. The Morgan fingerprint density at radius 2 is 1.87 bits per heavy atom. The summed E-state index contributed by atoms with van der Waals surface area (Å²) >= 11 is 0. The van der Waals surface area contributed by atoms with Gasteiger partial charge in [0.05, 0.1) is 0 Å². The Hall–Kier alpha value is -0.370. The third-order valence-electron chi connectivity index (χ3n) is 3.78. The maximum absolute atomic E-state index is 10.7. The van der Waals surface area contributed by atoms with Gasteiger partial charge in [-0.3, -0.25) is 4.90 Å². The van der Waals surface area contributed by atoms with Crippen molar-refractivity contribution in [1.29, 1.82) is 0 Å². The van der Waals surface area contributed by atoms with E-state index in [0.29, 0.717) is 24.4 Å². The van der Waals surface area contributed by atoms with Crippen molar-refractivity contribution in [3.8, 4) is 0 Å². The van der Waals surface area contributed by atoms with Gasteiger partial charge >= 0.3 is 0 Å². The molecule has 1 atom stereocenters. The van der Waals surface area contributed by atoms with Crippen molar-refractivity contribution < 1.29 is 4.79 Å². The van der Waals surface area contributed by atoms with Crippen LogP contribution in [0.2, 0.25) is 0 Å².